The Morgan fingerprint density at radius 1 is 1.35 bits per heavy atom. The summed E-state index contributed by atoms with van der Waals surface area (Å²) in [5.74, 6) is 0.961. The van der Waals surface area contributed by atoms with Crippen LogP contribution in [0.15, 0.2) is 29.4 Å². The van der Waals surface area contributed by atoms with Crippen LogP contribution >= 0.6 is 11.8 Å². The molecule has 1 aromatic heterocycles. The third-order valence-electron chi connectivity index (χ3n) is 3.92. The van der Waals surface area contributed by atoms with E-state index in [1.807, 2.05) is 25.7 Å². The first-order valence-electron chi connectivity index (χ1n) is 7.04. The molecule has 1 aromatic carbocycles. The predicted octanol–water partition coefficient (Wildman–Crippen LogP) is 2.49. The van der Waals surface area contributed by atoms with E-state index in [0.717, 1.165) is 23.9 Å². The lowest BCUT2D eigenvalue weighted by Crippen LogP contribution is -2.27. The summed E-state index contributed by atoms with van der Waals surface area (Å²) < 4.78 is 2.07. The lowest BCUT2D eigenvalue weighted by molar-refractivity contribution is 0.558. The number of rotatable bonds is 4. The van der Waals surface area contributed by atoms with Crippen molar-refractivity contribution in [1.82, 2.24) is 20.1 Å². The zero-order chi connectivity index (χ0) is 14.1. The molecule has 5 heteroatoms. The number of fused-ring (bicyclic) bond motifs is 1. The molecule has 0 bridgehead atoms. The maximum Gasteiger partial charge on any atom is 0.191 e. The van der Waals surface area contributed by atoms with E-state index in [1.165, 1.54) is 11.1 Å². The van der Waals surface area contributed by atoms with Crippen LogP contribution in [0.25, 0.3) is 0 Å². The van der Waals surface area contributed by atoms with Gasteiger partial charge in [-0.25, -0.2) is 0 Å². The molecule has 0 radical (unpaired) electrons. The number of nitrogens with one attached hydrogen (secondary N) is 1. The second-order valence-corrected chi connectivity index (χ2v) is 6.39. The predicted molar refractivity (Wildman–Crippen MR) is 81.9 cm³/mol. The van der Waals surface area contributed by atoms with Gasteiger partial charge in [-0.05, 0) is 31.0 Å². The van der Waals surface area contributed by atoms with Gasteiger partial charge in [-0.2, -0.15) is 0 Å². The summed E-state index contributed by atoms with van der Waals surface area (Å²) in [6.45, 7) is 5.13. The second kappa shape index (κ2) is 5.58. The van der Waals surface area contributed by atoms with Crippen LogP contribution in [-0.4, -0.2) is 26.6 Å². The van der Waals surface area contributed by atoms with Crippen molar-refractivity contribution in [2.45, 2.75) is 36.7 Å². The van der Waals surface area contributed by atoms with Crippen molar-refractivity contribution in [1.29, 1.82) is 0 Å². The third-order valence-corrected chi connectivity index (χ3v) is 5.22. The van der Waals surface area contributed by atoms with Crippen LogP contribution in [0.2, 0.25) is 0 Å². The average Bonchev–Trinajstić information content (AvgIpc) is 2.95. The van der Waals surface area contributed by atoms with Crippen LogP contribution in [0, 0.1) is 6.92 Å². The van der Waals surface area contributed by atoms with E-state index in [9.17, 15) is 0 Å². The van der Waals surface area contributed by atoms with E-state index in [2.05, 4.69) is 51.3 Å². The fraction of sp³-hybridized carbons (Fsp3) is 0.467. The Kier molecular flexibility index (Phi) is 3.81. The summed E-state index contributed by atoms with van der Waals surface area (Å²) in [7, 11) is 2.03. The molecule has 1 N–H and O–H groups in total. The summed E-state index contributed by atoms with van der Waals surface area (Å²) in [6, 6.07) is 9.13. The molecule has 20 heavy (non-hydrogen) atoms. The van der Waals surface area contributed by atoms with Gasteiger partial charge < -0.3 is 9.88 Å². The molecule has 0 saturated heterocycles. The van der Waals surface area contributed by atoms with E-state index in [-0.39, 0.29) is 0 Å². The molecule has 2 aromatic rings. The second-order valence-electron chi connectivity index (χ2n) is 5.18. The van der Waals surface area contributed by atoms with Crippen molar-refractivity contribution in [2.24, 2.45) is 7.05 Å². The Labute approximate surface area is 124 Å². The van der Waals surface area contributed by atoms with Gasteiger partial charge in [0, 0.05) is 18.3 Å². The third kappa shape index (κ3) is 2.36. The van der Waals surface area contributed by atoms with Gasteiger partial charge >= 0.3 is 0 Å². The Bertz CT molecular complexity index is 608. The average molecular weight is 288 g/mol. The Morgan fingerprint density at radius 3 is 2.85 bits per heavy atom. The van der Waals surface area contributed by atoms with E-state index in [4.69, 9.17) is 0 Å². The molecule has 2 unspecified atom stereocenters. The molecule has 4 nitrogen and oxygen atoms in total. The topological polar surface area (TPSA) is 42.7 Å². The highest BCUT2D eigenvalue weighted by molar-refractivity contribution is 7.99. The number of thioether (sulfide) groups is 1. The molecular weight excluding hydrogens is 268 g/mol. The Balaban J connectivity index is 1.85. The van der Waals surface area contributed by atoms with Gasteiger partial charge in [-0.3, -0.25) is 0 Å². The summed E-state index contributed by atoms with van der Waals surface area (Å²) >= 11 is 1.83. The van der Waals surface area contributed by atoms with E-state index >= 15 is 0 Å². The van der Waals surface area contributed by atoms with Crippen LogP contribution in [0.4, 0.5) is 0 Å². The Morgan fingerprint density at radius 2 is 2.15 bits per heavy atom. The highest BCUT2D eigenvalue weighted by Crippen LogP contribution is 2.40. The summed E-state index contributed by atoms with van der Waals surface area (Å²) in [4.78, 5) is 0. The molecule has 0 spiro atoms. The number of hydrogen-bond acceptors (Lipinski definition) is 4. The van der Waals surface area contributed by atoms with Crippen molar-refractivity contribution in [3.63, 3.8) is 0 Å². The first kappa shape index (κ1) is 13.6. The van der Waals surface area contributed by atoms with Gasteiger partial charge in [0.25, 0.3) is 0 Å². The van der Waals surface area contributed by atoms with Crippen LogP contribution in [0.1, 0.15) is 29.9 Å². The largest absolute Gasteiger partial charge is 0.309 e. The molecule has 0 aliphatic heterocycles. The van der Waals surface area contributed by atoms with Crippen LogP contribution in [-0.2, 0) is 13.5 Å². The van der Waals surface area contributed by atoms with Gasteiger partial charge in [0.05, 0.1) is 0 Å². The fourth-order valence-electron chi connectivity index (χ4n) is 2.76. The van der Waals surface area contributed by atoms with Gasteiger partial charge in [0.2, 0.25) is 0 Å². The Hall–Kier alpha value is -1.33. The number of aryl methyl sites for hydroxylation is 1. The molecule has 0 amide bonds. The maximum atomic E-state index is 4.28. The van der Waals surface area contributed by atoms with Crippen molar-refractivity contribution < 1.29 is 0 Å². The van der Waals surface area contributed by atoms with E-state index < -0.39 is 0 Å². The first-order valence-corrected chi connectivity index (χ1v) is 7.92. The fourth-order valence-corrected chi connectivity index (χ4v) is 4.05. The van der Waals surface area contributed by atoms with Crippen LogP contribution in [0.3, 0.4) is 0 Å². The SMILES string of the molecule is CCNC1c2ccccc2CC1Sc1nnc(C)n1C. The lowest BCUT2D eigenvalue weighted by Gasteiger charge is -2.20. The minimum atomic E-state index is 0.401. The molecule has 106 valence electrons. The van der Waals surface area contributed by atoms with E-state index in [0.29, 0.717) is 11.3 Å². The molecule has 1 aliphatic rings. The minimum absolute atomic E-state index is 0.401. The van der Waals surface area contributed by atoms with Gasteiger partial charge in [0.1, 0.15) is 5.82 Å². The van der Waals surface area contributed by atoms with Crippen molar-refractivity contribution >= 4 is 11.8 Å². The molecular formula is C15H20N4S. The molecule has 2 atom stereocenters. The quantitative estimate of drug-likeness (QED) is 0.938. The van der Waals surface area contributed by atoms with Gasteiger partial charge in [-0.1, -0.05) is 43.0 Å². The number of nitrogens with zero attached hydrogens (tertiary/aromatic N) is 3. The number of aromatic nitrogens is 3. The van der Waals surface area contributed by atoms with Gasteiger partial charge in [-0.15, -0.1) is 10.2 Å². The summed E-state index contributed by atoms with van der Waals surface area (Å²) in [5.41, 5.74) is 2.89. The van der Waals surface area contributed by atoms with Crippen molar-refractivity contribution in [2.75, 3.05) is 6.54 Å². The summed E-state index contributed by atoms with van der Waals surface area (Å²) in [5, 5.41) is 13.5. The smallest absolute Gasteiger partial charge is 0.191 e. The highest BCUT2D eigenvalue weighted by atomic mass is 32.2. The molecule has 1 heterocycles. The number of hydrogen-bond donors (Lipinski definition) is 1. The summed E-state index contributed by atoms with van der Waals surface area (Å²) in [6.07, 6.45) is 1.09. The van der Waals surface area contributed by atoms with Crippen molar-refractivity contribution in [3.8, 4) is 0 Å². The molecule has 1 aliphatic carbocycles. The van der Waals surface area contributed by atoms with E-state index in [1.54, 1.807) is 0 Å². The number of benzene rings is 1. The minimum Gasteiger partial charge on any atom is -0.309 e. The van der Waals surface area contributed by atoms with Gasteiger partial charge in [0.15, 0.2) is 5.16 Å². The van der Waals surface area contributed by atoms with Crippen LogP contribution in [0.5, 0.6) is 0 Å². The lowest BCUT2D eigenvalue weighted by atomic mass is 10.1. The first-order chi connectivity index (χ1) is 9.70. The highest BCUT2D eigenvalue weighted by Gasteiger charge is 2.33. The normalized spacial score (nSPS) is 21.1. The zero-order valence-corrected chi connectivity index (χ0v) is 12.9. The molecule has 0 saturated carbocycles. The zero-order valence-electron chi connectivity index (χ0n) is 12.1. The monoisotopic (exact) mass is 288 g/mol. The molecule has 3 rings (SSSR count). The van der Waals surface area contributed by atoms with Crippen LogP contribution < -0.4 is 5.32 Å². The maximum absolute atomic E-state index is 4.28. The standard InChI is InChI=1S/C15H20N4S/c1-4-16-14-12-8-6-5-7-11(12)9-13(14)20-15-18-17-10(2)19(15)3/h5-8,13-14,16H,4,9H2,1-3H3. The van der Waals surface area contributed by atoms with Crippen molar-refractivity contribution in [3.05, 3.63) is 41.2 Å². The molecule has 0 fully saturated rings.